The molecule has 0 aliphatic heterocycles. The minimum absolute atomic E-state index is 0.151. The lowest BCUT2D eigenvalue weighted by molar-refractivity contribution is 0.0946. The van der Waals surface area contributed by atoms with Crippen LogP contribution in [0.1, 0.15) is 27.2 Å². The van der Waals surface area contributed by atoms with Crippen molar-refractivity contribution in [3.05, 3.63) is 64.8 Å². The van der Waals surface area contributed by atoms with Crippen molar-refractivity contribution in [2.24, 2.45) is 0 Å². The Morgan fingerprint density at radius 3 is 2.63 bits per heavy atom. The van der Waals surface area contributed by atoms with Crippen molar-refractivity contribution >= 4 is 16.8 Å². The maximum absolute atomic E-state index is 12.5. The molecule has 0 unspecified atom stereocenters. The Bertz CT molecular complexity index is 983. The van der Waals surface area contributed by atoms with Crippen LogP contribution in [0, 0.1) is 20.8 Å². The molecule has 0 fully saturated rings. The summed E-state index contributed by atoms with van der Waals surface area (Å²) in [5.41, 5.74) is 4.35. The molecule has 1 heterocycles. The molecule has 0 atom stereocenters. The van der Waals surface area contributed by atoms with Crippen LogP contribution in [0.5, 0.6) is 11.5 Å². The van der Waals surface area contributed by atoms with Gasteiger partial charge in [-0.25, -0.2) is 0 Å². The van der Waals surface area contributed by atoms with Gasteiger partial charge in [-0.3, -0.25) is 9.78 Å². The molecule has 3 rings (SSSR count). The van der Waals surface area contributed by atoms with Crippen molar-refractivity contribution in [3.63, 3.8) is 0 Å². The molecular formula is C22H24N2O3. The second kappa shape index (κ2) is 8.08. The third-order valence-electron chi connectivity index (χ3n) is 4.44. The fraction of sp³-hybridized carbons (Fsp3) is 0.273. The minimum atomic E-state index is -0.151. The van der Waals surface area contributed by atoms with Crippen LogP contribution in [0.2, 0.25) is 0 Å². The Balaban J connectivity index is 1.63. The van der Waals surface area contributed by atoms with Crippen molar-refractivity contribution < 1.29 is 14.3 Å². The number of hydrogen-bond donors (Lipinski definition) is 1. The molecule has 5 nitrogen and oxygen atoms in total. The van der Waals surface area contributed by atoms with Gasteiger partial charge in [-0.1, -0.05) is 17.7 Å². The lowest BCUT2D eigenvalue weighted by Gasteiger charge is -2.12. The fourth-order valence-electron chi connectivity index (χ4n) is 2.98. The summed E-state index contributed by atoms with van der Waals surface area (Å²) < 4.78 is 11.0. The number of benzene rings is 2. The lowest BCUT2D eigenvalue weighted by atomic mass is 10.1. The number of carbonyl (C=O) groups excluding carboxylic acids is 1. The third-order valence-corrected chi connectivity index (χ3v) is 4.44. The maximum atomic E-state index is 12.5. The summed E-state index contributed by atoms with van der Waals surface area (Å²) in [5, 5.41) is 3.80. The first kappa shape index (κ1) is 18.7. The lowest BCUT2D eigenvalue weighted by Crippen LogP contribution is -2.29. The summed E-state index contributed by atoms with van der Waals surface area (Å²) in [6, 6.07) is 13.5. The zero-order valence-corrected chi connectivity index (χ0v) is 16.1. The number of carbonyl (C=O) groups is 1. The summed E-state index contributed by atoms with van der Waals surface area (Å²) in [6.45, 7) is 6.73. The Kier molecular flexibility index (Phi) is 5.60. The van der Waals surface area contributed by atoms with Crippen molar-refractivity contribution in [1.29, 1.82) is 0 Å². The van der Waals surface area contributed by atoms with Crippen molar-refractivity contribution in [1.82, 2.24) is 10.3 Å². The number of nitrogens with zero attached hydrogens (tertiary/aromatic N) is 1. The first-order valence-electron chi connectivity index (χ1n) is 8.91. The topological polar surface area (TPSA) is 60.5 Å². The van der Waals surface area contributed by atoms with Gasteiger partial charge in [0.15, 0.2) is 0 Å². The molecule has 0 aliphatic rings. The summed E-state index contributed by atoms with van der Waals surface area (Å²) >= 11 is 0. The smallest absolute Gasteiger partial charge is 0.253 e. The number of aromatic nitrogens is 1. The van der Waals surface area contributed by atoms with E-state index in [4.69, 9.17) is 9.47 Å². The molecule has 0 saturated carbocycles. The molecule has 140 valence electrons. The van der Waals surface area contributed by atoms with Gasteiger partial charge in [-0.15, -0.1) is 0 Å². The second-order valence-corrected chi connectivity index (χ2v) is 6.55. The van der Waals surface area contributed by atoms with Crippen LogP contribution in [0.25, 0.3) is 10.9 Å². The first-order chi connectivity index (χ1) is 13.0. The van der Waals surface area contributed by atoms with Gasteiger partial charge in [0.2, 0.25) is 0 Å². The van der Waals surface area contributed by atoms with E-state index < -0.39 is 0 Å². The van der Waals surface area contributed by atoms with Crippen LogP contribution < -0.4 is 14.8 Å². The minimum Gasteiger partial charge on any atom is -0.497 e. The van der Waals surface area contributed by atoms with E-state index in [-0.39, 0.29) is 5.91 Å². The highest BCUT2D eigenvalue weighted by Gasteiger charge is 2.12. The highest BCUT2D eigenvalue weighted by Crippen LogP contribution is 2.22. The summed E-state index contributed by atoms with van der Waals surface area (Å²) in [6.07, 6.45) is 0. The van der Waals surface area contributed by atoms with E-state index in [0.717, 1.165) is 28.0 Å². The quantitative estimate of drug-likeness (QED) is 0.672. The monoisotopic (exact) mass is 364 g/mol. The molecule has 1 amide bonds. The zero-order valence-electron chi connectivity index (χ0n) is 16.1. The fourth-order valence-corrected chi connectivity index (χ4v) is 2.98. The normalized spacial score (nSPS) is 10.7. The number of ether oxygens (including phenoxy) is 2. The average molecular weight is 364 g/mol. The van der Waals surface area contributed by atoms with Crippen molar-refractivity contribution in [3.8, 4) is 11.5 Å². The number of nitrogens with one attached hydrogen (secondary N) is 1. The average Bonchev–Trinajstić information content (AvgIpc) is 2.65. The summed E-state index contributed by atoms with van der Waals surface area (Å²) in [5.74, 6) is 1.43. The summed E-state index contributed by atoms with van der Waals surface area (Å²) in [4.78, 5) is 17.1. The molecule has 0 radical (unpaired) electrons. The molecule has 0 spiro atoms. The molecule has 0 aliphatic carbocycles. The van der Waals surface area contributed by atoms with Gasteiger partial charge in [-0.05, 0) is 50.6 Å². The van der Waals surface area contributed by atoms with Gasteiger partial charge in [0.1, 0.15) is 18.1 Å². The van der Waals surface area contributed by atoms with Gasteiger partial charge in [0, 0.05) is 11.5 Å². The van der Waals surface area contributed by atoms with Crippen LogP contribution >= 0.6 is 0 Å². The van der Waals surface area contributed by atoms with Crippen LogP contribution in [-0.4, -0.2) is 31.2 Å². The van der Waals surface area contributed by atoms with Gasteiger partial charge >= 0.3 is 0 Å². The highest BCUT2D eigenvalue weighted by atomic mass is 16.5. The molecule has 1 N–H and O–H groups in total. The third kappa shape index (κ3) is 4.37. The Morgan fingerprint density at radius 1 is 1.07 bits per heavy atom. The van der Waals surface area contributed by atoms with E-state index in [2.05, 4.69) is 16.4 Å². The predicted octanol–water partition coefficient (Wildman–Crippen LogP) is 3.98. The Morgan fingerprint density at radius 2 is 1.89 bits per heavy atom. The van der Waals surface area contributed by atoms with E-state index in [1.807, 2.05) is 57.2 Å². The molecule has 0 saturated heterocycles. The van der Waals surface area contributed by atoms with E-state index in [1.54, 1.807) is 7.11 Å². The zero-order chi connectivity index (χ0) is 19.4. The molecule has 0 bridgehead atoms. The molecule has 27 heavy (non-hydrogen) atoms. The number of amides is 1. The largest absolute Gasteiger partial charge is 0.497 e. The first-order valence-corrected chi connectivity index (χ1v) is 8.91. The van der Waals surface area contributed by atoms with Crippen LogP contribution in [0.4, 0.5) is 0 Å². The predicted molar refractivity (Wildman–Crippen MR) is 107 cm³/mol. The standard InChI is InChI=1S/C22H24N2O3/c1-14-5-8-21(15(2)11-14)27-10-9-23-22(25)19-12-17-6-7-18(26-4)13-20(17)24-16(19)3/h5-8,11-13H,9-10H2,1-4H3,(H,23,25). The van der Waals surface area contributed by atoms with Gasteiger partial charge in [0.05, 0.1) is 30.4 Å². The van der Waals surface area contributed by atoms with Crippen LogP contribution in [0.15, 0.2) is 42.5 Å². The van der Waals surface area contributed by atoms with E-state index in [0.29, 0.717) is 24.4 Å². The number of hydrogen-bond acceptors (Lipinski definition) is 4. The molecular weight excluding hydrogens is 340 g/mol. The molecule has 1 aromatic heterocycles. The van der Waals surface area contributed by atoms with Crippen LogP contribution in [0.3, 0.4) is 0 Å². The number of aryl methyl sites for hydroxylation is 3. The summed E-state index contributed by atoms with van der Waals surface area (Å²) in [7, 11) is 1.62. The molecule has 2 aromatic carbocycles. The molecule has 3 aromatic rings. The van der Waals surface area contributed by atoms with E-state index in [9.17, 15) is 4.79 Å². The van der Waals surface area contributed by atoms with E-state index in [1.165, 1.54) is 5.56 Å². The second-order valence-electron chi connectivity index (χ2n) is 6.55. The Hall–Kier alpha value is -3.08. The Labute approximate surface area is 159 Å². The van der Waals surface area contributed by atoms with E-state index >= 15 is 0 Å². The molecule has 5 heteroatoms. The van der Waals surface area contributed by atoms with Gasteiger partial charge in [0.25, 0.3) is 5.91 Å². The number of fused-ring (bicyclic) bond motifs is 1. The van der Waals surface area contributed by atoms with Crippen molar-refractivity contribution in [2.45, 2.75) is 20.8 Å². The highest BCUT2D eigenvalue weighted by molar-refractivity contribution is 5.98. The van der Waals surface area contributed by atoms with Crippen LogP contribution in [-0.2, 0) is 0 Å². The maximum Gasteiger partial charge on any atom is 0.253 e. The number of methoxy groups -OCH3 is 1. The number of rotatable bonds is 6. The van der Waals surface area contributed by atoms with Crippen molar-refractivity contribution in [2.75, 3.05) is 20.3 Å². The SMILES string of the molecule is COc1ccc2cc(C(=O)NCCOc3ccc(C)cc3C)c(C)nc2c1. The van der Waals surface area contributed by atoms with Gasteiger partial charge in [-0.2, -0.15) is 0 Å². The number of pyridine rings is 1. The van der Waals surface area contributed by atoms with Gasteiger partial charge < -0.3 is 14.8 Å².